The normalized spacial score (nSPS) is 8.00. The largest absolute Gasteiger partial charge is 0.385 e. The molecule has 0 spiro atoms. The van der Waals surface area contributed by atoms with Gasteiger partial charge in [0.2, 0.25) is 0 Å². The lowest BCUT2D eigenvalue weighted by Crippen LogP contribution is -2.13. The molecule has 1 amide bonds. The van der Waals surface area contributed by atoms with E-state index in [1.54, 1.807) is 31.4 Å². The third-order valence-corrected chi connectivity index (χ3v) is 2.12. The molecule has 0 aliphatic rings. The van der Waals surface area contributed by atoms with Crippen molar-refractivity contribution in [3.8, 4) is 0 Å². The van der Waals surface area contributed by atoms with Crippen LogP contribution in [0.15, 0.2) is 24.3 Å². The second-order valence-electron chi connectivity index (χ2n) is 3.37. The minimum absolute atomic E-state index is 0.191. The van der Waals surface area contributed by atoms with E-state index in [0.29, 0.717) is 5.56 Å². The molecule has 124 valence electrons. The standard InChI is InChI=1S/C8H8FNOS.C4H10O.2C2H6/c1-6-2-4-7(5-3-6)8(11)10-12-9;1-3-4-5-2;2*1-2/h2-5H,1H3,(H,10,11);3-4H2,1-2H3;2*1-2H3. The van der Waals surface area contributed by atoms with E-state index in [4.69, 9.17) is 4.74 Å². The Morgan fingerprint density at radius 1 is 1.19 bits per heavy atom. The van der Waals surface area contributed by atoms with Crippen LogP contribution in [-0.2, 0) is 4.74 Å². The van der Waals surface area contributed by atoms with Crippen LogP contribution in [0.25, 0.3) is 0 Å². The molecule has 21 heavy (non-hydrogen) atoms. The van der Waals surface area contributed by atoms with E-state index in [-0.39, 0.29) is 12.3 Å². The smallest absolute Gasteiger partial charge is 0.263 e. The Bertz CT molecular complexity index is 317. The van der Waals surface area contributed by atoms with Crippen molar-refractivity contribution in [3.05, 3.63) is 35.4 Å². The van der Waals surface area contributed by atoms with Gasteiger partial charge in [0.05, 0.1) is 0 Å². The number of carbonyl (C=O) groups excluding carboxylic acids is 1. The summed E-state index contributed by atoms with van der Waals surface area (Å²) in [5.74, 6) is -0.414. The highest BCUT2D eigenvalue weighted by molar-refractivity contribution is 7.92. The number of benzene rings is 1. The van der Waals surface area contributed by atoms with Gasteiger partial charge in [-0.3, -0.25) is 9.52 Å². The number of amides is 1. The van der Waals surface area contributed by atoms with Crippen molar-refractivity contribution in [2.45, 2.75) is 48.0 Å². The second kappa shape index (κ2) is 21.2. The van der Waals surface area contributed by atoms with E-state index in [1.165, 1.54) is 0 Å². The van der Waals surface area contributed by atoms with Gasteiger partial charge in [-0.25, -0.2) is 0 Å². The molecule has 0 heterocycles. The molecule has 0 aliphatic heterocycles. The first-order valence-electron chi connectivity index (χ1n) is 7.29. The number of rotatable bonds is 4. The fraction of sp³-hybridized carbons (Fsp3) is 0.562. The zero-order chi connectivity index (χ0) is 17.1. The highest BCUT2D eigenvalue weighted by Gasteiger charge is 2.03. The highest BCUT2D eigenvalue weighted by atomic mass is 32.2. The second-order valence-corrected chi connectivity index (χ2v) is 3.73. The van der Waals surface area contributed by atoms with Gasteiger partial charge in [-0.1, -0.05) is 52.3 Å². The average molecular weight is 319 g/mol. The molecule has 0 saturated heterocycles. The summed E-state index contributed by atoms with van der Waals surface area (Å²) in [7, 11) is 1.71. The van der Waals surface area contributed by atoms with Gasteiger partial charge < -0.3 is 4.74 Å². The van der Waals surface area contributed by atoms with Crippen LogP contribution in [-0.4, -0.2) is 19.6 Å². The molecule has 0 atom stereocenters. The maximum absolute atomic E-state index is 11.6. The number of nitrogens with one attached hydrogen (secondary N) is 1. The molecule has 0 aromatic heterocycles. The summed E-state index contributed by atoms with van der Waals surface area (Å²) in [6, 6.07) is 6.91. The summed E-state index contributed by atoms with van der Waals surface area (Å²) in [6.45, 7) is 12.9. The van der Waals surface area contributed by atoms with Crippen molar-refractivity contribution >= 4 is 18.2 Å². The molecule has 0 bridgehead atoms. The maximum atomic E-state index is 11.6. The molecular weight excluding hydrogens is 289 g/mol. The minimum atomic E-state index is -0.414. The third-order valence-electron chi connectivity index (χ3n) is 1.85. The summed E-state index contributed by atoms with van der Waals surface area (Å²) in [4.78, 5) is 11.0. The van der Waals surface area contributed by atoms with Crippen LogP contribution in [0.1, 0.15) is 57.0 Å². The lowest BCUT2D eigenvalue weighted by Gasteiger charge is -1.98. The van der Waals surface area contributed by atoms with Crippen molar-refractivity contribution in [1.82, 2.24) is 4.72 Å². The predicted molar refractivity (Wildman–Crippen MR) is 92.2 cm³/mol. The summed E-state index contributed by atoms with van der Waals surface area (Å²) in [6.07, 6.45) is 1.12. The van der Waals surface area contributed by atoms with E-state index in [1.807, 2.05) is 39.3 Å². The van der Waals surface area contributed by atoms with Crippen molar-refractivity contribution in [2.75, 3.05) is 13.7 Å². The molecule has 0 aliphatic carbocycles. The molecule has 1 aromatic rings. The molecule has 3 nitrogen and oxygen atoms in total. The number of hydrogen-bond donors (Lipinski definition) is 1. The molecular formula is C16H30FNO2S. The Morgan fingerprint density at radius 3 is 1.95 bits per heavy atom. The van der Waals surface area contributed by atoms with Crippen LogP contribution in [0.4, 0.5) is 3.89 Å². The fourth-order valence-corrected chi connectivity index (χ4v) is 1.19. The Hall–Kier alpha value is -1.07. The first-order valence-corrected chi connectivity index (χ1v) is 8.00. The van der Waals surface area contributed by atoms with Crippen molar-refractivity contribution in [3.63, 3.8) is 0 Å². The highest BCUT2D eigenvalue weighted by Crippen LogP contribution is 2.04. The number of methoxy groups -OCH3 is 1. The van der Waals surface area contributed by atoms with Gasteiger partial charge in [-0.15, -0.1) is 3.89 Å². The van der Waals surface area contributed by atoms with Crippen LogP contribution in [0.3, 0.4) is 0 Å². The summed E-state index contributed by atoms with van der Waals surface area (Å²) < 4.78 is 18.3. The third kappa shape index (κ3) is 16.9. The van der Waals surface area contributed by atoms with Gasteiger partial charge in [0.1, 0.15) is 0 Å². The SMILES string of the molecule is CC.CC.CCCOC.Cc1ccc(C(=O)NSF)cc1. The molecule has 1 N–H and O–H groups in total. The Morgan fingerprint density at radius 2 is 1.67 bits per heavy atom. The number of hydrogen-bond acceptors (Lipinski definition) is 3. The van der Waals surface area contributed by atoms with Crippen LogP contribution < -0.4 is 4.72 Å². The quantitative estimate of drug-likeness (QED) is 0.760. The van der Waals surface area contributed by atoms with Gasteiger partial charge in [-0.05, 0) is 25.5 Å². The number of ether oxygens (including phenoxy) is 1. The number of carbonyl (C=O) groups is 1. The van der Waals surface area contributed by atoms with E-state index >= 15 is 0 Å². The summed E-state index contributed by atoms with van der Waals surface area (Å²) in [5.41, 5.74) is 1.53. The monoisotopic (exact) mass is 319 g/mol. The Kier molecular flexibility index (Phi) is 25.2. The van der Waals surface area contributed by atoms with Gasteiger partial charge >= 0.3 is 0 Å². The van der Waals surface area contributed by atoms with E-state index in [9.17, 15) is 8.68 Å². The first kappa shape index (κ1) is 24.9. The number of halogens is 1. The van der Waals surface area contributed by atoms with E-state index in [2.05, 4.69) is 6.92 Å². The summed E-state index contributed by atoms with van der Waals surface area (Å²) >= 11 is -0.191. The van der Waals surface area contributed by atoms with Gasteiger partial charge in [-0.2, -0.15) is 0 Å². The fourth-order valence-electron chi connectivity index (χ4n) is 1.00. The van der Waals surface area contributed by atoms with Gasteiger partial charge in [0.15, 0.2) is 12.3 Å². The van der Waals surface area contributed by atoms with Crippen molar-refractivity contribution in [2.24, 2.45) is 0 Å². The Labute approximate surface area is 134 Å². The molecule has 0 radical (unpaired) electrons. The van der Waals surface area contributed by atoms with Gasteiger partial charge in [0, 0.05) is 19.3 Å². The molecule has 0 fully saturated rings. The zero-order valence-corrected chi connectivity index (χ0v) is 15.1. The van der Waals surface area contributed by atoms with Crippen LogP contribution in [0.5, 0.6) is 0 Å². The lowest BCUT2D eigenvalue weighted by atomic mass is 10.1. The van der Waals surface area contributed by atoms with Crippen molar-refractivity contribution < 1.29 is 13.4 Å². The topological polar surface area (TPSA) is 38.3 Å². The van der Waals surface area contributed by atoms with Crippen LogP contribution in [0.2, 0.25) is 0 Å². The first-order chi connectivity index (χ1) is 10.2. The van der Waals surface area contributed by atoms with E-state index in [0.717, 1.165) is 18.6 Å². The van der Waals surface area contributed by atoms with Crippen LogP contribution >= 0.6 is 12.3 Å². The van der Waals surface area contributed by atoms with Crippen molar-refractivity contribution in [1.29, 1.82) is 0 Å². The Balaban J connectivity index is -0.000000304. The molecule has 5 heteroatoms. The van der Waals surface area contributed by atoms with E-state index < -0.39 is 5.91 Å². The average Bonchev–Trinajstić information content (AvgIpc) is 2.53. The molecule has 0 saturated carbocycles. The maximum Gasteiger partial charge on any atom is 0.263 e. The lowest BCUT2D eigenvalue weighted by molar-refractivity contribution is 0.0983. The number of aryl methyl sites for hydroxylation is 1. The predicted octanol–water partition coefficient (Wildman–Crippen LogP) is 5.35. The molecule has 1 aromatic carbocycles. The van der Waals surface area contributed by atoms with Gasteiger partial charge in [0.25, 0.3) is 5.91 Å². The summed E-state index contributed by atoms with van der Waals surface area (Å²) in [5, 5.41) is 0. The van der Waals surface area contributed by atoms with Crippen LogP contribution in [0, 0.1) is 6.92 Å². The minimum Gasteiger partial charge on any atom is -0.385 e. The molecule has 1 rings (SSSR count). The molecule has 0 unspecified atom stereocenters. The zero-order valence-electron chi connectivity index (χ0n) is 14.3.